The van der Waals surface area contributed by atoms with Gasteiger partial charge in [0.25, 0.3) is 0 Å². The van der Waals surface area contributed by atoms with Crippen LogP contribution in [0.1, 0.15) is 12.0 Å². The van der Waals surface area contributed by atoms with Crippen molar-refractivity contribution in [2.24, 2.45) is 4.99 Å². The van der Waals surface area contributed by atoms with Gasteiger partial charge in [0.2, 0.25) is 10.0 Å². The highest BCUT2D eigenvalue weighted by Gasteiger charge is 2.27. The monoisotopic (exact) mass is 328 g/mol. The van der Waals surface area contributed by atoms with Crippen LogP contribution in [0.3, 0.4) is 0 Å². The predicted molar refractivity (Wildman–Crippen MR) is 84.6 cm³/mol. The van der Waals surface area contributed by atoms with Crippen LogP contribution in [0.5, 0.6) is 0 Å². The van der Waals surface area contributed by atoms with Crippen LogP contribution in [0, 0.1) is 5.82 Å². The first kappa shape index (κ1) is 16.7. The Labute approximate surface area is 130 Å². The van der Waals surface area contributed by atoms with Gasteiger partial charge in [0.1, 0.15) is 5.82 Å². The van der Waals surface area contributed by atoms with Gasteiger partial charge in [0.15, 0.2) is 5.96 Å². The molecule has 1 aromatic rings. The molecule has 1 aliphatic heterocycles. The standard InChI is InChI=1S/C14H21FN4O2S/c1-16-14(18-11-12-4-2-5-13(15)10-12)17-6-8-19-7-3-9-22(19,20)21/h2,4-5,10H,3,6-9,11H2,1H3,(H2,16,17,18). The van der Waals surface area contributed by atoms with Gasteiger partial charge in [-0.2, -0.15) is 0 Å². The van der Waals surface area contributed by atoms with Crippen molar-refractivity contribution in [3.05, 3.63) is 35.6 Å². The lowest BCUT2D eigenvalue weighted by Crippen LogP contribution is -2.41. The molecule has 8 heteroatoms. The van der Waals surface area contributed by atoms with Crippen molar-refractivity contribution in [1.29, 1.82) is 0 Å². The maximum absolute atomic E-state index is 13.1. The fourth-order valence-corrected chi connectivity index (χ4v) is 3.82. The van der Waals surface area contributed by atoms with Crippen LogP contribution in [0.2, 0.25) is 0 Å². The average molecular weight is 328 g/mol. The Hall–Kier alpha value is -1.67. The molecular formula is C14H21FN4O2S. The maximum atomic E-state index is 13.1. The fraction of sp³-hybridized carbons (Fsp3) is 0.500. The molecule has 0 unspecified atom stereocenters. The van der Waals surface area contributed by atoms with Gasteiger partial charge >= 0.3 is 0 Å². The van der Waals surface area contributed by atoms with Crippen LogP contribution in [-0.2, 0) is 16.6 Å². The van der Waals surface area contributed by atoms with E-state index in [4.69, 9.17) is 0 Å². The molecule has 1 saturated heterocycles. The lowest BCUT2D eigenvalue weighted by molar-refractivity contribution is 0.445. The molecule has 0 aliphatic carbocycles. The van der Waals surface area contributed by atoms with E-state index in [-0.39, 0.29) is 11.6 Å². The van der Waals surface area contributed by atoms with E-state index < -0.39 is 10.0 Å². The molecule has 0 aromatic heterocycles. The second kappa shape index (κ2) is 7.55. The number of guanidine groups is 1. The molecule has 122 valence electrons. The Balaban J connectivity index is 1.76. The molecule has 1 aromatic carbocycles. The highest BCUT2D eigenvalue weighted by molar-refractivity contribution is 7.89. The Morgan fingerprint density at radius 2 is 2.23 bits per heavy atom. The van der Waals surface area contributed by atoms with E-state index in [0.717, 1.165) is 5.56 Å². The molecule has 0 saturated carbocycles. The number of benzene rings is 1. The van der Waals surface area contributed by atoms with Crippen molar-refractivity contribution in [1.82, 2.24) is 14.9 Å². The van der Waals surface area contributed by atoms with Gasteiger partial charge in [-0.25, -0.2) is 17.1 Å². The highest BCUT2D eigenvalue weighted by atomic mass is 32.2. The first-order valence-corrected chi connectivity index (χ1v) is 8.79. The summed E-state index contributed by atoms with van der Waals surface area (Å²) < 4.78 is 37.9. The van der Waals surface area contributed by atoms with E-state index in [1.54, 1.807) is 13.1 Å². The van der Waals surface area contributed by atoms with Crippen molar-refractivity contribution < 1.29 is 12.8 Å². The normalized spacial score (nSPS) is 18.4. The van der Waals surface area contributed by atoms with Crippen LogP contribution in [0.15, 0.2) is 29.3 Å². The fourth-order valence-electron chi connectivity index (χ4n) is 2.29. The first-order valence-electron chi connectivity index (χ1n) is 7.18. The molecule has 0 atom stereocenters. The Morgan fingerprint density at radius 3 is 2.86 bits per heavy atom. The van der Waals surface area contributed by atoms with Gasteiger partial charge < -0.3 is 10.6 Å². The van der Waals surface area contributed by atoms with Gasteiger partial charge in [0.05, 0.1) is 5.75 Å². The summed E-state index contributed by atoms with van der Waals surface area (Å²) in [7, 11) is -1.43. The topological polar surface area (TPSA) is 73.8 Å². The summed E-state index contributed by atoms with van der Waals surface area (Å²) in [5.74, 6) is 0.516. The van der Waals surface area contributed by atoms with Crippen LogP contribution < -0.4 is 10.6 Å². The van der Waals surface area contributed by atoms with Crippen molar-refractivity contribution in [3.8, 4) is 0 Å². The molecule has 6 nitrogen and oxygen atoms in total. The summed E-state index contributed by atoms with van der Waals surface area (Å²) in [6, 6.07) is 6.32. The van der Waals surface area contributed by atoms with Crippen LogP contribution in [0.4, 0.5) is 4.39 Å². The molecule has 22 heavy (non-hydrogen) atoms. The third-order valence-corrected chi connectivity index (χ3v) is 5.39. The van der Waals surface area contributed by atoms with Crippen molar-refractivity contribution in [2.75, 3.05) is 32.4 Å². The largest absolute Gasteiger partial charge is 0.355 e. The minimum absolute atomic E-state index is 0.236. The molecule has 0 radical (unpaired) electrons. The molecule has 2 N–H and O–H groups in total. The summed E-state index contributed by atoms with van der Waals surface area (Å²) in [6.45, 7) is 1.92. The minimum Gasteiger partial charge on any atom is -0.355 e. The summed E-state index contributed by atoms with van der Waals surface area (Å²) in [5.41, 5.74) is 0.810. The van der Waals surface area contributed by atoms with Gasteiger partial charge in [-0.1, -0.05) is 12.1 Å². The first-order chi connectivity index (χ1) is 10.5. The Morgan fingerprint density at radius 1 is 1.41 bits per heavy atom. The van der Waals surface area contributed by atoms with Gasteiger partial charge in [-0.15, -0.1) is 0 Å². The molecule has 0 amide bonds. The molecular weight excluding hydrogens is 307 g/mol. The minimum atomic E-state index is -3.06. The van der Waals surface area contributed by atoms with E-state index in [1.165, 1.54) is 16.4 Å². The Kier molecular flexibility index (Phi) is 5.73. The summed E-state index contributed by atoms with van der Waals surface area (Å²) in [6.07, 6.45) is 0.689. The van der Waals surface area contributed by atoms with E-state index in [0.29, 0.717) is 38.6 Å². The van der Waals surface area contributed by atoms with Gasteiger partial charge in [-0.3, -0.25) is 4.99 Å². The molecule has 1 heterocycles. The molecule has 0 bridgehead atoms. The number of hydrogen-bond acceptors (Lipinski definition) is 3. The van der Waals surface area contributed by atoms with E-state index in [9.17, 15) is 12.8 Å². The third-order valence-electron chi connectivity index (χ3n) is 3.43. The number of aliphatic imine (C=N–C) groups is 1. The Bertz CT molecular complexity index is 633. The van der Waals surface area contributed by atoms with Crippen molar-refractivity contribution >= 4 is 16.0 Å². The van der Waals surface area contributed by atoms with Crippen molar-refractivity contribution in [3.63, 3.8) is 0 Å². The number of nitrogens with zero attached hydrogens (tertiary/aromatic N) is 2. The van der Waals surface area contributed by atoms with Crippen LogP contribution >= 0.6 is 0 Å². The number of nitrogens with one attached hydrogen (secondary N) is 2. The molecule has 1 aliphatic rings. The van der Waals surface area contributed by atoms with Gasteiger partial charge in [0, 0.05) is 33.2 Å². The second-order valence-electron chi connectivity index (χ2n) is 5.05. The van der Waals surface area contributed by atoms with Crippen LogP contribution in [0.25, 0.3) is 0 Å². The van der Waals surface area contributed by atoms with Crippen molar-refractivity contribution in [2.45, 2.75) is 13.0 Å². The third kappa shape index (κ3) is 4.67. The zero-order chi connectivity index (χ0) is 16.0. The van der Waals surface area contributed by atoms with E-state index in [1.807, 2.05) is 6.07 Å². The lowest BCUT2D eigenvalue weighted by atomic mass is 10.2. The molecule has 0 spiro atoms. The second-order valence-corrected chi connectivity index (χ2v) is 7.14. The number of halogens is 1. The van der Waals surface area contributed by atoms with Gasteiger partial charge in [-0.05, 0) is 24.1 Å². The SMILES string of the molecule is CN=C(NCCN1CCCS1(=O)=O)NCc1cccc(F)c1. The van der Waals surface area contributed by atoms with E-state index >= 15 is 0 Å². The number of sulfonamides is 1. The van der Waals surface area contributed by atoms with E-state index in [2.05, 4.69) is 15.6 Å². The maximum Gasteiger partial charge on any atom is 0.214 e. The zero-order valence-electron chi connectivity index (χ0n) is 12.5. The highest BCUT2D eigenvalue weighted by Crippen LogP contribution is 2.11. The molecule has 1 fully saturated rings. The smallest absolute Gasteiger partial charge is 0.214 e. The summed E-state index contributed by atoms with van der Waals surface area (Å²) in [4.78, 5) is 4.06. The summed E-state index contributed by atoms with van der Waals surface area (Å²) >= 11 is 0. The number of rotatable bonds is 5. The predicted octanol–water partition coefficient (Wildman–Crippen LogP) is 0.526. The summed E-state index contributed by atoms with van der Waals surface area (Å²) in [5, 5.41) is 6.12. The molecule has 2 rings (SSSR count). The quantitative estimate of drug-likeness (QED) is 0.611. The number of hydrogen-bond donors (Lipinski definition) is 2. The average Bonchev–Trinajstić information content (AvgIpc) is 2.81. The zero-order valence-corrected chi connectivity index (χ0v) is 13.4. The lowest BCUT2D eigenvalue weighted by Gasteiger charge is -2.16. The van der Waals surface area contributed by atoms with Crippen LogP contribution in [-0.4, -0.2) is 51.1 Å².